The molecule has 0 spiro atoms. The molecule has 1 aromatic rings. The van der Waals surface area contributed by atoms with Crippen LogP contribution >= 0.6 is 0 Å². The van der Waals surface area contributed by atoms with Gasteiger partial charge < -0.3 is 18.9 Å². The minimum atomic E-state index is -0.402. The summed E-state index contributed by atoms with van der Waals surface area (Å²) in [6, 6.07) is 5.37. The molecule has 3 rings (SSSR count). The lowest BCUT2D eigenvalue weighted by Gasteiger charge is -2.20. The molecule has 1 aromatic carbocycles. The number of fused-ring (bicyclic) bond motifs is 1. The van der Waals surface area contributed by atoms with E-state index in [1.807, 2.05) is 0 Å². The van der Waals surface area contributed by atoms with E-state index >= 15 is 0 Å². The normalized spacial score (nSPS) is 20.0. The third-order valence-electron chi connectivity index (χ3n) is 3.20. The van der Waals surface area contributed by atoms with Crippen LogP contribution in [0.15, 0.2) is 18.2 Å². The second kappa shape index (κ2) is 5.94. The van der Waals surface area contributed by atoms with E-state index in [4.69, 9.17) is 25.4 Å². The Morgan fingerprint density at radius 3 is 2.95 bits per heavy atom. The van der Waals surface area contributed by atoms with Crippen molar-refractivity contribution in [3.63, 3.8) is 0 Å². The Bertz CT molecular complexity index is 580. The second-order valence-corrected chi connectivity index (χ2v) is 4.66. The van der Waals surface area contributed by atoms with Crippen LogP contribution in [0.1, 0.15) is 0 Å². The lowest BCUT2D eigenvalue weighted by Crippen LogP contribution is -2.26. The molecule has 6 heteroatoms. The molecule has 0 aliphatic carbocycles. The summed E-state index contributed by atoms with van der Waals surface area (Å²) >= 11 is 0. The van der Waals surface area contributed by atoms with Crippen molar-refractivity contribution in [2.24, 2.45) is 0 Å². The summed E-state index contributed by atoms with van der Waals surface area (Å²) in [4.78, 5) is 13.5. The Morgan fingerprint density at radius 1 is 1.33 bits per heavy atom. The van der Waals surface area contributed by atoms with Crippen molar-refractivity contribution in [3.05, 3.63) is 18.2 Å². The molecular formula is C15H15NO5. The van der Waals surface area contributed by atoms with Gasteiger partial charge in [-0.25, -0.2) is 4.79 Å². The second-order valence-electron chi connectivity index (χ2n) is 4.66. The van der Waals surface area contributed by atoms with Gasteiger partial charge in [-0.2, -0.15) is 0 Å². The van der Waals surface area contributed by atoms with Crippen LogP contribution in [0, 0.1) is 12.3 Å². The van der Waals surface area contributed by atoms with Gasteiger partial charge in [0.15, 0.2) is 11.5 Å². The van der Waals surface area contributed by atoms with E-state index in [1.165, 1.54) is 0 Å². The Hall–Kier alpha value is -2.39. The van der Waals surface area contributed by atoms with Crippen LogP contribution in [-0.4, -0.2) is 45.2 Å². The lowest BCUT2D eigenvalue weighted by atomic mass is 10.2. The van der Waals surface area contributed by atoms with Crippen molar-refractivity contribution in [2.45, 2.75) is 6.10 Å². The number of hydrogen-bond donors (Lipinski definition) is 0. The van der Waals surface area contributed by atoms with Gasteiger partial charge in [0, 0.05) is 6.07 Å². The van der Waals surface area contributed by atoms with E-state index in [0.29, 0.717) is 36.9 Å². The lowest BCUT2D eigenvalue weighted by molar-refractivity contribution is 0.0598. The van der Waals surface area contributed by atoms with Crippen LogP contribution < -0.4 is 14.4 Å². The third-order valence-corrected chi connectivity index (χ3v) is 3.20. The molecule has 1 amide bonds. The van der Waals surface area contributed by atoms with Crippen molar-refractivity contribution in [1.82, 2.24) is 0 Å². The van der Waals surface area contributed by atoms with Crippen molar-refractivity contribution >= 4 is 11.8 Å². The number of cyclic esters (lactones) is 1. The van der Waals surface area contributed by atoms with Crippen LogP contribution in [0.25, 0.3) is 0 Å². The maximum atomic E-state index is 11.9. The number of carbonyl (C=O) groups excluding carboxylic acids is 1. The molecule has 21 heavy (non-hydrogen) atoms. The van der Waals surface area contributed by atoms with Crippen molar-refractivity contribution in [1.29, 1.82) is 0 Å². The van der Waals surface area contributed by atoms with Gasteiger partial charge >= 0.3 is 6.09 Å². The fourth-order valence-electron chi connectivity index (χ4n) is 2.27. The first kappa shape index (κ1) is 13.6. The van der Waals surface area contributed by atoms with Gasteiger partial charge in [0.05, 0.1) is 18.8 Å². The van der Waals surface area contributed by atoms with Crippen molar-refractivity contribution < 1.29 is 23.7 Å². The number of nitrogens with zero attached hydrogens (tertiary/aromatic N) is 1. The van der Waals surface area contributed by atoms with Crippen molar-refractivity contribution in [2.75, 3.05) is 37.9 Å². The molecule has 0 radical (unpaired) electrons. The number of benzene rings is 1. The summed E-state index contributed by atoms with van der Waals surface area (Å²) in [6.07, 6.45) is 4.38. The van der Waals surface area contributed by atoms with Crippen LogP contribution in [0.5, 0.6) is 11.5 Å². The number of rotatable bonds is 4. The number of carbonyl (C=O) groups is 1. The molecule has 1 atom stereocenters. The van der Waals surface area contributed by atoms with Crippen LogP contribution in [0.4, 0.5) is 10.5 Å². The Labute approximate surface area is 122 Å². The molecule has 0 N–H and O–H groups in total. The Morgan fingerprint density at radius 2 is 2.14 bits per heavy atom. The molecule has 1 unspecified atom stereocenters. The SMILES string of the molecule is C#CCOCC1CN(c2ccc3c(c2)OCCO3)C(=O)O1. The predicted octanol–water partition coefficient (Wildman–Crippen LogP) is 1.43. The molecule has 0 aromatic heterocycles. The number of ether oxygens (including phenoxy) is 4. The van der Waals surface area contributed by atoms with E-state index in [1.54, 1.807) is 23.1 Å². The summed E-state index contributed by atoms with van der Waals surface area (Å²) in [6.45, 7) is 1.95. The molecule has 2 heterocycles. The first-order valence-corrected chi connectivity index (χ1v) is 6.67. The minimum absolute atomic E-state index is 0.206. The zero-order valence-corrected chi connectivity index (χ0v) is 11.4. The van der Waals surface area contributed by atoms with E-state index < -0.39 is 6.09 Å². The van der Waals surface area contributed by atoms with Gasteiger partial charge in [0.1, 0.15) is 25.9 Å². The smallest absolute Gasteiger partial charge is 0.414 e. The fourth-order valence-corrected chi connectivity index (χ4v) is 2.27. The molecule has 2 aliphatic rings. The van der Waals surface area contributed by atoms with Gasteiger partial charge in [0.2, 0.25) is 0 Å². The third kappa shape index (κ3) is 2.88. The van der Waals surface area contributed by atoms with Gasteiger partial charge in [0.25, 0.3) is 0 Å². The summed E-state index contributed by atoms with van der Waals surface area (Å²) in [5, 5.41) is 0. The first-order valence-electron chi connectivity index (χ1n) is 6.67. The largest absolute Gasteiger partial charge is 0.486 e. The molecule has 6 nitrogen and oxygen atoms in total. The van der Waals surface area contributed by atoms with Crippen LogP contribution in [0.3, 0.4) is 0 Å². The molecule has 1 saturated heterocycles. The van der Waals surface area contributed by atoms with Crippen LogP contribution in [0.2, 0.25) is 0 Å². The summed E-state index contributed by atoms with van der Waals surface area (Å²) in [7, 11) is 0. The average Bonchev–Trinajstić information content (AvgIpc) is 2.88. The molecule has 2 aliphatic heterocycles. The molecular weight excluding hydrogens is 274 g/mol. The van der Waals surface area contributed by atoms with Gasteiger partial charge in [-0.3, -0.25) is 4.90 Å². The van der Waals surface area contributed by atoms with E-state index in [-0.39, 0.29) is 19.3 Å². The zero-order valence-electron chi connectivity index (χ0n) is 11.4. The number of anilines is 1. The van der Waals surface area contributed by atoms with E-state index in [9.17, 15) is 4.79 Å². The van der Waals surface area contributed by atoms with Crippen LogP contribution in [-0.2, 0) is 9.47 Å². The quantitative estimate of drug-likeness (QED) is 0.620. The maximum absolute atomic E-state index is 11.9. The van der Waals surface area contributed by atoms with Gasteiger partial charge in [-0.05, 0) is 12.1 Å². The molecule has 110 valence electrons. The summed E-state index contributed by atoms with van der Waals surface area (Å²) < 4.78 is 21.4. The summed E-state index contributed by atoms with van der Waals surface area (Å²) in [5.41, 5.74) is 0.712. The highest BCUT2D eigenvalue weighted by Crippen LogP contribution is 2.35. The number of terminal acetylenes is 1. The van der Waals surface area contributed by atoms with Gasteiger partial charge in [-0.1, -0.05) is 5.92 Å². The topological polar surface area (TPSA) is 57.2 Å². The van der Waals surface area contributed by atoms with E-state index in [2.05, 4.69) is 5.92 Å². The monoisotopic (exact) mass is 289 g/mol. The van der Waals surface area contributed by atoms with E-state index in [0.717, 1.165) is 0 Å². The standard InChI is InChI=1S/C15H15NO5/c1-2-5-18-10-12-9-16(15(17)21-12)11-3-4-13-14(8-11)20-7-6-19-13/h1,3-4,8,12H,5-7,9-10H2. The highest BCUT2D eigenvalue weighted by Gasteiger charge is 2.33. The average molecular weight is 289 g/mol. The Kier molecular flexibility index (Phi) is 3.84. The van der Waals surface area contributed by atoms with Gasteiger partial charge in [-0.15, -0.1) is 6.42 Å². The van der Waals surface area contributed by atoms with Crippen molar-refractivity contribution in [3.8, 4) is 23.8 Å². The molecule has 1 fully saturated rings. The first-order chi connectivity index (χ1) is 10.3. The highest BCUT2D eigenvalue weighted by molar-refractivity contribution is 5.90. The fraction of sp³-hybridized carbons (Fsp3) is 0.400. The zero-order chi connectivity index (χ0) is 14.7. The molecule has 0 bridgehead atoms. The minimum Gasteiger partial charge on any atom is -0.486 e. The highest BCUT2D eigenvalue weighted by atomic mass is 16.6. The number of hydrogen-bond acceptors (Lipinski definition) is 5. The number of amides is 1. The molecule has 0 saturated carbocycles. The maximum Gasteiger partial charge on any atom is 0.414 e. The predicted molar refractivity (Wildman–Crippen MR) is 74.7 cm³/mol. The summed E-state index contributed by atoms with van der Waals surface area (Å²) in [5.74, 6) is 3.70. The Balaban J connectivity index is 1.69.